The molecule has 0 aliphatic carbocycles. The first-order chi connectivity index (χ1) is 11.0. The van der Waals surface area contributed by atoms with Crippen LogP contribution in [0.5, 0.6) is 0 Å². The van der Waals surface area contributed by atoms with Crippen molar-refractivity contribution < 1.29 is 18.7 Å². The first-order valence-electron chi connectivity index (χ1n) is 6.60. The van der Waals surface area contributed by atoms with Gasteiger partial charge in [-0.05, 0) is 24.3 Å². The molecule has 0 saturated heterocycles. The predicted octanol–water partition coefficient (Wildman–Crippen LogP) is 3.86. The molecule has 0 saturated carbocycles. The second-order valence-corrected chi connectivity index (χ2v) is 5.38. The van der Waals surface area contributed by atoms with Crippen molar-refractivity contribution >= 4 is 40.8 Å². The lowest BCUT2D eigenvalue weighted by atomic mass is 10.1. The van der Waals surface area contributed by atoms with Gasteiger partial charge in [0, 0.05) is 10.6 Å². The van der Waals surface area contributed by atoms with Crippen molar-refractivity contribution in [2.45, 2.75) is 6.42 Å². The molecule has 0 fully saturated rings. The van der Waals surface area contributed by atoms with E-state index < -0.39 is 24.3 Å². The Hall–Kier alpha value is -2.11. The highest BCUT2D eigenvalue weighted by Gasteiger charge is 2.14. The van der Waals surface area contributed by atoms with Crippen molar-refractivity contribution in [2.24, 2.45) is 0 Å². The molecule has 0 unspecified atom stereocenters. The highest BCUT2D eigenvalue weighted by atomic mass is 35.5. The van der Waals surface area contributed by atoms with Crippen molar-refractivity contribution in [3.05, 3.63) is 63.9 Å². The lowest BCUT2D eigenvalue weighted by molar-refractivity contribution is -0.146. The van der Waals surface area contributed by atoms with Crippen LogP contribution < -0.4 is 5.32 Å². The van der Waals surface area contributed by atoms with Crippen LogP contribution in [0.25, 0.3) is 0 Å². The van der Waals surface area contributed by atoms with Crippen LogP contribution in [0.15, 0.2) is 42.5 Å². The Labute approximate surface area is 142 Å². The molecule has 7 heteroatoms. The molecule has 2 aromatic carbocycles. The number of carbonyl (C=O) groups is 2. The van der Waals surface area contributed by atoms with Crippen LogP contribution in [0, 0.1) is 5.82 Å². The number of ether oxygens (including phenoxy) is 1. The van der Waals surface area contributed by atoms with E-state index in [1.165, 1.54) is 18.2 Å². The Bertz CT molecular complexity index is 717. The molecule has 120 valence electrons. The summed E-state index contributed by atoms with van der Waals surface area (Å²) >= 11 is 11.7. The van der Waals surface area contributed by atoms with E-state index in [4.69, 9.17) is 27.9 Å². The second kappa shape index (κ2) is 7.94. The van der Waals surface area contributed by atoms with Gasteiger partial charge in [0.15, 0.2) is 6.61 Å². The SMILES string of the molecule is O=C(COC(=O)Cc1c(F)cccc1Cl)Nc1ccccc1Cl. The minimum absolute atomic E-state index is 0.0330. The zero-order chi connectivity index (χ0) is 16.8. The number of amides is 1. The van der Waals surface area contributed by atoms with E-state index in [1.807, 2.05) is 0 Å². The summed E-state index contributed by atoms with van der Waals surface area (Å²) in [5.41, 5.74) is 0.443. The average Bonchev–Trinajstić information content (AvgIpc) is 2.51. The third kappa shape index (κ3) is 4.94. The summed E-state index contributed by atoms with van der Waals surface area (Å²) in [6.45, 7) is -0.504. The number of nitrogens with one attached hydrogen (secondary N) is 1. The monoisotopic (exact) mass is 355 g/mol. The van der Waals surface area contributed by atoms with Gasteiger partial charge in [0.2, 0.25) is 0 Å². The van der Waals surface area contributed by atoms with Crippen LogP contribution in [0.3, 0.4) is 0 Å². The van der Waals surface area contributed by atoms with Crippen molar-refractivity contribution in [1.29, 1.82) is 0 Å². The molecule has 2 rings (SSSR count). The summed E-state index contributed by atoms with van der Waals surface area (Å²) in [7, 11) is 0. The Morgan fingerprint density at radius 2 is 1.74 bits per heavy atom. The Morgan fingerprint density at radius 3 is 2.43 bits per heavy atom. The molecule has 23 heavy (non-hydrogen) atoms. The fourth-order valence-electron chi connectivity index (χ4n) is 1.79. The van der Waals surface area contributed by atoms with Crippen molar-refractivity contribution in [2.75, 3.05) is 11.9 Å². The maximum Gasteiger partial charge on any atom is 0.310 e. The molecule has 0 atom stereocenters. The normalized spacial score (nSPS) is 10.2. The summed E-state index contributed by atoms with van der Waals surface area (Å²) in [5, 5.41) is 3.00. The van der Waals surface area contributed by atoms with Crippen molar-refractivity contribution in [3.63, 3.8) is 0 Å². The summed E-state index contributed by atoms with van der Waals surface area (Å²) in [5.74, 6) is -1.91. The Morgan fingerprint density at radius 1 is 1.04 bits per heavy atom. The molecule has 0 heterocycles. The van der Waals surface area contributed by atoms with Gasteiger partial charge < -0.3 is 10.1 Å². The number of hydrogen-bond acceptors (Lipinski definition) is 3. The van der Waals surface area contributed by atoms with Crippen LogP contribution in [0.4, 0.5) is 10.1 Å². The van der Waals surface area contributed by atoms with Crippen molar-refractivity contribution in [1.82, 2.24) is 0 Å². The maximum atomic E-state index is 13.6. The van der Waals surface area contributed by atoms with Crippen LogP contribution in [-0.2, 0) is 20.7 Å². The molecule has 0 bridgehead atoms. The standard InChI is InChI=1S/C16H12Cl2FNO3/c17-11-5-3-6-13(19)10(11)8-16(22)23-9-15(21)20-14-7-2-1-4-12(14)18/h1-7H,8-9H2,(H,20,21). The summed E-state index contributed by atoms with van der Waals surface area (Å²) in [4.78, 5) is 23.4. The molecular weight excluding hydrogens is 344 g/mol. The van der Waals surface area contributed by atoms with E-state index in [0.717, 1.165) is 0 Å². The number of halogens is 3. The van der Waals surface area contributed by atoms with Crippen LogP contribution in [0.1, 0.15) is 5.56 Å². The quantitative estimate of drug-likeness (QED) is 0.828. The zero-order valence-corrected chi connectivity index (χ0v) is 13.3. The minimum atomic E-state index is -0.758. The van der Waals surface area contributed by atoms with Gasteiger partial charge in [0.25, 0.3) is 5.91 Å². The average molecular weight is 356 g/mol. The molecule has 2 aromatic rings. The van der Waals surface area contributed by atoms with Crippen molar-refractivity contribution in [3.8, 4) is 0 Å². The van der Waals surface area contributed by atoms with Crippen LogP contribution in [-0.4, -0.2) is 18.5 Å². The minimum Gasteiger partial charge on any atom is -0.455 e. The molecule has 0 radical (unpaired) electrons. The van der Waals surface area contributed by atoms with Gasteiger partial charge in [0.1, 0.15) is 5.82 Å². The first kappa shape index (κ1) is 17.2. The maximum absolute atomic E-state index is 13.6. The van der Waals surface area contributed by atoms with E-state index in [-0.39, 0.29) is 17.0 Å². The highest BCUT2D eigenvalue weighted by Crippen LogP contribution is 2.21. The fraction of sp³-hybridized carbons (Fsp3) is 0.125. The van der Waals surface area contributed by atoms with E-state index in [2.05, 4.69) is 5.32 Å². The Kier molecular flexibility index (Phi) is 5.96. The molecule has 1 amide bonds. The smallest absolute Gasteiger partial charge is 0.310 e. The molecule has 0 aliphatic rings. The first-order valence-corrected chi connectivity index (χ1v) is 7.36. The van der Waals surface area contributed by atoms with E-state index in [9.17, 15) is 14.0 Å². The Balaban J connectivity index is 1.87. The molecule has 0 spiro atoms. The number of rotatable bonds is 5. The van der Waals surface area contributed by atoms with Gasteiger partial charge in [-0.2, -0.15) is 0 Å². The van der Waals surface area contributed by atoms with Crippen LogP contribution in [0.2, 0.25) is 10.0 Å². The topological polar surface area (TPSA) is 55.4 Å². The summed E-state index contributed by atoms with van der Waals surface area (Å²) in [6.07, 6.45) is -0.356. The number of benzene rings is 2. The molecule has 0 aliphatic heterocycles. The second-order valence-electron chi connectivity index (χ2n) is 4.57. The molecule has 4 nitrogen and oxygen atoms in total. The molecular formula is C16H12Cl2FNO3. The van der Waals surface area contributed by atoms with Gasteiger partial charge in [-0.3, -0.25) is 9.59 Å². The number of anilines is 1. The fourth-order valence-corrected chi connectivity index (χ4v) is 2.20. The summed E-state index contributed by atoms with van der Waals surface area (Å²) < 4.78 is 18.4. The van der Waals surface area contributed by atoms with E-state index in [0.29, 0.717) is 10.7 Å². The lowest BCUT2D eigenvalue weighted by Crippen LogP contribution is -2.22. The third-order valence-corrected chi connectivity index (χ3v) is 3.58. The van der Waals surface area contributed by atoms with Gasteiger partial charge in [-0.25, -0.2) is 4.39 Å². The number of para-hydroxylation sites is 1. The largest absolute Gasteiger partial charge is 0.455 e. The zero-order valence-electron chi connectivity index (χ0n) is 11.8. The summed E-state index contributed by atoms with van der Waals surface area (Å²) in [6, 6.07) is 10.7. The van der Waals surface area contributed by atoms with Gasteiger partial charge >= 0.3 is 5.97 Å². The molecule has 1 N–H and O–H groups in total. The third-order valence-electron chi connectivity index (χ3n) is 2.89. The number of esters is 1. The van der Waals surface area contributed by atoms with E-state index >= 15 is 0 Å². The highest BCUT2D eigenvalue weighted by molar-refractivity contribution is 6.33. The lowest BCUT2D eigenvalue weighted by Gasteiger charge is -2.09. The number of carbonyl (C=O) groups excluding carboxylic acids is 2. The van der Waals surface area contributed by atoms with Gasteiger partial charge in [0.05, 0.1) is 17.1 Å². The van der Waals surface area contributed by atoms with Gasteiger partial charge in [-0.1, -0.05) is 41.4 Å². The van der Waals surface area contributed by atoms with Gasteiger partial charge in [-0.15, -0.1) is 0 Å². The van der Waals surface area contributed by atoms with E-state index in [1.54, 1.807) is 24.3 Å². The predicted molar refractivity (Wildman–Crippen MR) is 86.2 cm³/mol. The molecule has 0 aromatic heterocycles. The number of hydrogen-bond donors (Lipinski definition) is 1. The van der Waals surface area contributed by atoms with Crippen LogP contribution >= 0.6 is 23.2 Å².